The Morgan fingerprint density at radius 3 is 2.89 bits per heavy atom. The van der Waals surface area contributed by atoms with Gasteiger partial charge in [-0.2, -0.15) is 4.98 Å². The van der Waals surface area contributed by atoms with Gasteiger partial charge in [-0.05, 0) is 47.6 Å². The number of halogens is 1. The SMILES string of the molecule is CCNC(C)c1nc(-c2ccc(OC)c(Br)c2)no1. The Kier molecular flexibility index (Phi) is 4.55. The first-order valence-corrected chi connectivity index (χ1v) is 6.86. The second kappa shape index (κ2) is 6.16. The van der Waals surface area contributed by atoms with Crippen LogP contribution in [0.25, 0.3) is 11.4 Å². The van der Waals surface area contributed by atoms with Crippen molar-refractivity contribution in [1.29, 1.82) is 0 Å². The van der Waals surface area contributed by atoms with Gasteiger partial charge in [0, 0.05) is 5.56 Å². The molecular formula is C13H16BrN3O2. The average molecular weight is 326 g/mol. The molecule has 0 aliphatic heterocycles. The maximum atomic E-state index is 5.26. The Morgan fingerprint density at radius 1 is 1.47 bits per heavy atom. The first-order chi connectivity index (χ1) is 9.15. The zero-order valence-corrected chi connectivity index (χ0v) is 12.7. The molecule has 2 rings (SSSR count). The molecule has 0 saturated heterocycles. The van der Waals surface area contributed by atoms with Gasteiger partial charge in [0.25, 0.3) is 0 Å². The van der Waals surface area contributed by atoms with Gasteiger partial charge in [0.2, 0.25) is 11.7 Å². The molecule has 5 nitrogen and oxygen atoms in total. The maximum absolute atomic E-state index is 5.26. The van der Waals surface area contributed by atoms with Crippen molar-refractivity contribution in [3.63, 3.8) is 0 Å². The predicted octanol–water partition coefficient (Wildman–Crippen LogP) is 3.18. The minimum atomic E-state index is 0.0490. The Hall–Kier alpha value is -1.40. The van der Waals surface area contributed by atoms with E-state index in [9.17, 15) is 0 Å². The second-order valence-electron chi connectivity index (χ2n) is 4.08. The maximum Gasteiger partial charge on any atom is 0.243 e. The zero-order valence-electron chi connectivity index (χ0n) is 11.1. The first-order valence-electron chi connectivity index (χ1n) is 6.06. The standard InChI is InChI=1S/C13H16BrN3O2/c1-4-15-8(2)13-16-12(17-19-13)9-5-6-11(18-3)10(14)7-9/h5-8,15H,4H2,1-3H3. The number of hydrogen-bond donors (Lipinski definition) is 1. The molecule has 0 radical (unpaired) electrons. The Balaban J connectivity index is 2.25. The molecule has 102 valence electrons. The minimum absolute atomic E-state index is 0.0490. The van der Waals surface area contributed by atoms with Crippen molar-refractivity contribution in [1.82, 2.24) is 15.5 Å². The summed E-state index contributed by atoms with van der Waals surface area (Å²) in [6.07, 6.45) is 0. The van der Waals surface area contributed by atoms with E-state index in [2.05, 4.69) is 31.4 Å². The highest BCUT2D eigenvalue weighted by atomic mass is 79.9. The molecule has 0 fully saturated rings. The van der Waals surface area contributed by atoms with Gasteiger partial charge in [-0.25, -0.2) is 0 Å². The van der Waals surface area contributed by atoms with Crippen molar-refractivity contribution in [3.05, 3.63) is 28.6 Å². The first kappa shape index (κ1) is 14.0. The molecule has 0 spiro atoms. The quantitative estimate of drug-likeness (QED) is 0.914. The van der Waals surface area contributed by atoms with E-state index in [1.807, 2.05) is 32.0 Å². The summed E-state index contributed by atoms with van der Waals surface area (Å²) in [6.45, 7) is 4.88. The summed E-state index contributed by atoms with van der Waals surface area (Å²) < 4.78 is 11.3. The second-order valence-corrected chi connectivity index (χ2v) is 4.94. The number of rotatable bonds is 5. The summed E-state index contributed by atoms with van der Waals surface area (Å²) in [7, 11) is 1.63. The molecule has 19 heavy (non-hydrogen) atoms. The minimum Gasteiger partial charge on any atom is -0.496 e. The van der Waals surface area contributed by atoms with Crippen molar-refractivity contribution in [2.45, 2.75) is 19.9 Å². The van der Waals surface area contributed by atoms with E-state index >= 15 is 0 Å². The average Bonchev–Trinajstić information content (AvgIpc) is 2.88. The number of nitrogens with zero attached hydrogens (tertiary/aromatic N) is 2. The van der Waals surface area contributed by atoms with E-state index in [0.717, 1.165) is 22.3 Å². The third-order valence-electron chi connectivity index (χ3n) is 2.73. The lowest BCUT2D eigenvalue weighted by Gasteiger charge is -2.05. The van der Waals surface area contributed by atoms with E-state index in [4.69, 9.17) is 9.26 Å². The van der Waals surface area contributed by atoms with E-state index in [-0.39, 0.29) is 6.04 Å². The molecule has 6 heteroatoms. The van der Waals surface area contributed by atoms with Crippen molar-refractivity contribution >= 4 is 15.9 Å². The van der Waals surface area contributed by atoms with Crippen molar-refractivity contribution in [2.24, 2.45) is 0 Å². The van der Waals surface area contributed by atoms with Gasteiger partial charge in [-0.15, -0.1) is 0 Å². The fourth-order valence-electron chi connectivity index (χ4n) is 1.73. The Morgan fingerprint density at radius 2 is 2.26 bits per heavy atom. The highest BCUT2D eigenvalue weighted by Crippen LogP contribution is 2.29. The van der Waals surface area contributed by atoms with Gasteiger partial charge < -0.3 is 14.6 Å². The molecular weight excluding hydrogens is 310 g/mol. The molecule has 0 aliphatic carbocycles. The molecule has 0 aliphatic rings. The third-order valence-corrected chi connectivity index (χ3v) is 3.35. The predicted molar refractivity (Wildman–Crippen MR) is 76.1 cm³/mol. The van der Waals surface area contributed by atoms with Crippen molar-refractivity contribution in [3.8, 4) is 17.1 Å². The lowest BCUT2D eigenvalue weighted by Crippen LogP contribution is -2.17. The molecule has 0 bridgehead atoms. The van der Waals surface area contributed by atoms with Gasteiger partial charge in [0.1, 0.15) is 5.75 Å². The summed E-state index contributed by atoms with van der Waals surface area (Å²) in [6, 6.07) is 5.72. The number of ether oxygens (including phenoxy) is 1. The van der Waals surface area contributed by atoms with Gasteiger partial charge >= 0.3 is 0 Å². The smallest absolute Gasteiger partial charge is 0.243 e. The van der Waals surface area contributed by atoms with Gasteiger partial charge in [0.15, 0.2) is 0 Å². The van der Waals surface area contributed by atoms with Crippen LogP contribution in [0.1, 0.15) is 25.8 Å². The number of hydrogen-bond acceptors (Lipinski definition) is 5. The van der Waals surface area contributed by atoms with Crippen LogP contribution in [0.3, 0.4) is 0 Å². The molecule has 1 heterocycles. The lowest BCUT2D eigenvalue weighted by molar-refractivity contribution is 0.342. The van der Waals surface area contributed by atoms with Crippen LogP contribution in [0.4, 0.5) is 0 Å². The van der Waals surface area contributed by atoms with Crippen LogP contribution < -0.4 is 10.1 Å². The third kappa shape index (κ3) is 3.13. The van der Waals surface area contributed by atoms with E-state index < -0.39 is 0 Å². The molecule has 2 aromatic rings. The van der Waals surface area contributed by atoms with Crippen LogP contribution in [0.2, 0.25) is 0 Å². The van der Waals surface area contributed by atoms with Gasteiger partial charge in [-0.3, -0.25) is 0 Å². The Bertz CT molecular complexity index is 557. The molecule has 1 atom stereocenters. The van der Waals surface area contributed by atoms with Gasteiger partial charge in [-0.1, -0.05) is 12.1 Å². The summed E-state index contributed by atoms with van der Waals surface area (Å²) in [5.41, 5.74) is 0.881. The van der Waals surface area contributed by atoms with Crippen LogP contribution in [0, 0.1) is 0 Å². The molecule has 1 aromatic heterocycles. The number of nitrogens with one attached hydrogen (secondary N) is 1. The number of methoxy groups -OCH3 is 1. The fraction of sp³-hybridized carbons (Fsp3) is 0.385. The van der Waals surface area contributed by atoms with Crippen LogP contribution in [-0.2, 0) is 0 Å². The van der Waals surface area contributed by atoms with Crippen LogP contribution in [0.5, 0.6) is 5.75 Å². The lowest BCUT2D eigenvalue weighted by atomic mass is 10.2. The number of aromatic nitrogens is 2. The van der Waals surface area contributed by atoms with Crippen molar-refractivity contribution in [2.75, 3.05) is 13.7 Å². The van der Waals surface area contributed by atoms with E-state index in [1.54, 1.807) is 7.11 Å². The highest BCUT2D eigenvalue weighted by molar-refractivity contribution is 9.10. The summed E-state index contributed by atoms with van der Waals surface area (Å²) in [5.74, 6) is 1.93. The molecule has 0 amide bonds. The molecule has 1 N–H and O–H groups in total. The number of benzene rings is 1. The monoisotopic (exact) mass is 325 g/mol. The molecule has 1 unspecified atom stereocenters. The van der Waals surface area contributed by atoms with E-state index in [0.29, 0.717) is 11.7 Å². The van der Waals surface area contributed by atoms with Crippen LogP contribution in [-0.4, -0.2) is 23.8 Å². The van der Waals surface area contributed by atoms with Crippen LogP contribution >= 0.6 is 15.9 Å². The van der Waals surface area contributed by atoms with Gasteiger partial charge in [0.05, 0.1) is 17.6 Å². The highest BCUT2D eigenvalue weighted by Gasteiger charge is 2.14. The fourth-order valence-corrected chi connectivity index (χ4v) is 2.27. The van der Waals surface area contributed by atoms with Crippen LogP contribution in [0.15, 0.2) is 27.2 Å². The largest absolute Gasteiger partial charge is 0.496 e. The Labute approximate surface area is 120 Å². The summed E-state index contributed by atoms with van der Waals surface area (Å²) >= 11 is 3.44. The normalized spacial score (nSPS) is 12.4. The van der Waals surface area contributed by atoms with E-state index in [1.165, 1.54) is 0 Å². The summed E-state index contributed by atoms with van der Waals surface area (Å²) in [5, 5.41) is 7.23. The zero-order chi connectivity index (χ0) is 13.8. The summed E-state index contributed by atoms with van der Waals surface area (Å²) in [4.78, 5) is 4.39. The van der Waals surface area contributed by atoms with Crippen molar-refractivity contribution < 1.29 is 9.26 Å². The topological polar surface area (TPSA) is 60.2 Å². The molecule has 0 saturated carbocycles. The molecule has 1 aromatic carbocycles.